The Morgan fingerprint density at radius 3 is 2.81 bits per heavy atom. The molecule has 0 aliphatic heterocycles. The van der Waals surface area contributed by atoms with E-state index in [1.54, 1.807) is 6.92 Å². The van der Waals surface area contributed by atoms with Crippen molar-refractivity contribution < 1.29 is 9.53 Å². The molecule has 0 aliphatic rings. The molecule has 0 saturated carbocycles. The Balaban J connectivity index is 3.10. The van der Waals surface area contributed by atoms with E-state index in [4.69, 9.17) is 33.8 Å². The number of hydrogen-bond donors (Lipinski definition) is 1. The van der Waals surface area contributed by atoms with Gasteiger partial charge in [-0.15, -0.1) is 0 Å². The minimum atomic E-state index is -0.719. The predicted octanol–water partition coefficient (Wildman–Crippen LogP) is 1.01. The van der Waals surface area contributed by atoms with Gasteiger partial charge in [-0.25, -0.2) is 14.8 Å². The molecule has 0 bridgehead atoms. The smallest absolute Gasteiger partial charge is 0.361 e. The molecular weight excluding hydrogens is 255 g/mol. The number of nitrogens with two attached hydrogens (primary N) is 1. The molecule has 0 radical (unpaired) electrons. The van der Waals surface area contributed by atoms with Crippen molar-refractivity contribution in [2.75, 3.05) is 6.61 Å². The van der Waals surface area contributed by atoms with Crippen LogP contribution >= 0.6 is 23.2 Å². The topological polar surface area (TPSA) is 90.5 Å². The second-order valence-corrected chi connectivity index (χ2v) is 3.28. The standard InChI is InChI=1S/C8H8Cl2N4O2/c1-2-16-8(15)6(14-11)5-7(10)13-4(9)3-12-5/h3H,2,11H2,1H3/b14-6-. The highest BCUT2D eigenvalue weighted by Gasteiger charge is 2.20. The monoisotopic (exact) mass is 262 g/mol. The van der Waals surface area contributed by atoms with E-state index < -0.39 is 5.97 Å². The summed E-state index contributed by atoms with van der Waals surface area (Å²) >= 11 is 11.3. The minimum absolute atomic E-state index is 0.0343. The zero-order chi connectivity index (χ0) is 12.1. The molecule has 1 aromatic rings. The third-order valence-electron chi connectivity index (χ3n) is 1.52. The van der Waals surface area contributed by atoms with Crippen molar-refractivity contribution in [3.05, 3.63) is 22.2 Å². The van der Waals surface area contributed by atoms with E-state index >= 15 is 0 Å². The molecule has 0 saturated heterocycles. The fourth-order valence-corrected chi connectivity index (χ4v) is 1.32. The Morgan fingerprint density at radius 1 is 1.62 bits per heavy atom. The first-order valence-electron chi connectivity index (χ1n) is 4.23. The quantitative estimate of drug-likeness (QED) is 0.380. The number of hydrazone groups is 1. The summed E-state index contributed by atoms with van der Waals surface area (Å²) in [5, 5.41) is 3.32. The van der Waals surface area contributed by atoms with Crippen LogP contribution in [0, 0.1) is 0 Å². The molecule has 0 unspecified atom stereocenters. The third kappa shape index (κ3) is 2.80. The van der Waals surface area contributed by atoms with Gasteiger partial charge < -0.3 is 10.6 Å². The van der Waals surface area contributed by atoms with Crippen LogP contribution in [-0.4, -0.2) is 28.3 Å². The highest BCUT2D eigenvalue weighted by atomic mass is 35.5. The average Bonchev–Trinajstić information content (AvgIpc) is 2.22. The van der Waals surface area contributed by atoms with E-state index in [1.165, 1.54) is 6.20 Å². The van der Waals surface area contributed by atoms with Crippen LogP contribution in [-0.2, 0) is 9.53 Å². The zero-order valence-electron chi connectivity index (χ0n) is 8.28. The second kappa shape index (κ2) is 5.62. The Bertz CT molecular complexity index is 436. The van der Waals surface area contributed by atoms with Crippen molar-refractivity contribution in [1.82, 2.24) is 9.97 Å². The van der Waals surface area contributed by atoms with Gasteiger partial charge in [-0.1, -0.05) is 23.2 Å². The largest absolute Gasteiger partial charge is 0.461 e. The van der Waals surface area contributed by atoms with Crippen molar-refractivity contribution in [2.45, 2.75) is 6.92 Å². The van der Waals surface area contributed by atoms with Crippen LogP contribution < -0.4 is 5.84 Å². The normalized spacial score (nSPS) is 11.3. The van der Waals surface area contributed by atoms with Crippen LogP contribution in [0.2, 0.25) is 10.3 Å². The van der Waals surface area contributed by atoms with Crippen LogP contribution in [0.4, 0.5) is 0 Å². The first-order valence-corrected chi connectivity index (χ1v) is 4.99. The number of aromatic nitrogens is 2. The van der Waals surface area contributed by atoms with Crippen LogP contribution in [0.1, 0.15) is 12.6 Å². The van der Waals surface area contributed by atoms with Crippen LogP contribution in [0.25, 0.3) is 0 Å². The SMILES string of the molecule is CCOC(=O)/C(=N\N)c1ncc(Cl)nc1Cl. The van der Waals surface area contributed by atoms with Gasteiger partial charge in [0.15, 0.2) is 10.9 Å². The van der Waals surface area contributed by atoms with Crippen molar-refractivity contribution in [2.24, 2.45) is 10.9 Å². The number of ether oxygens (including phenoxy) is 1. The molecule has 16 heavy (non-hydrogen) atoms. The minimum Gasteiger partial charge on any atom is -0.461 e. The molecule has 0 spiro atoms. The number of hydrogen-bond acceptors (Lipinski definition) is 6. The summed E-state index contributed by atoms with van der Waals surface area (Å²) in [4.78, 5) is 18.9. The van der Waals surface area contributed by atoms with Crippen LogP contribution in [0.3, 0.4) is 0 Å². The predicted molar refractivity (Wildman–Crippen MR) is 59.4 cm³/mol. The molecule has 0 amide bonds. The Kier molecular flexibility index (Phi) is 4.45. The number of carbonyl (C=O) groups is 1. The summed E-state index contributed by atoms with van der Waals surface area (Å²) in [5.41, 5.74) is -0.164. The molecule has 0 aliphatic carbocycles. The van der Waals surface area contributed by atoms with Gasteiger partial charge in [-0.3, -0.25) is 0 Å². The van der Waals surface area contributed by atoms with Gasteiger partial charge in [0.2, 0.25) is 0 Å². The molecule has 2 N–H and O–H groups in total. The van der Waals surface area contributed by atoms with E-state index in [1.807, 2.05) is 0 Å². The second-order valence-electron chi connectivity index (χ2n) is 2.53. The highest BCUT2D eigenvalue weighted by Crippen LogP contribution is 2.14. The molecule has 0 aromatic carbocycles. The van der Waals surface area contributed by atoms with E-state index in [0.717, 1.165) is 0 Å². The maximum absolute atomic E-state index is 11.4. The van der Waals surface area contributed by atoms with Crippen molar-refractivity contribution in [3.8, 4) is 0 Å². The molecule has 0 fully saturated rings. The van der Waals surface area contributed by atoms with E-state index in [2.05, 4.69) is 15.1 Å². The van der Waals surface area contributed by atoms with Gasteiger partial charge in [0.25, 0.3) is 0 Å². The van der Waals surface area contributed by atoms with Crippen molar-refractivity contribution >= 4 is 34.9 Å². The summed E-state index contributed by atoms with van der Waals surface area (Å²) in [6, 6.07) is 0. The number of carbonyl (C=O) groups excluding carboxylic acids is 1. The third-order valence-corrected chi connectivity index (χ3v) is 1.97. The summed E-state index contributed by atoms with van der Waals surface area (Å²) in [6.45, 7) is 1.84. The Labute approximate surface area is 101 Å². The Hall–Kier alpha value is -1.40. The van der Waals surface area contributed by atoms with Gasteiger partial charge in [-0.2, -0.15) is 5.10 Å². The summed E-state index contributed by atoms with van der Waals surface area (Å²) in [7, 11) is 0. The zero-order valence-corrected chi connectivity index (χ0v) is 9.79. The summed E-state index contributed by atoms with van der Waals surface area (Å²) in [6.07, 6.45) is 1.23. The molecule has 1 aromatic heterocycles. The van der Waals surface area contributed by atoms with Gasteiger partial charge in [-0.05, 0) is 6.92 Å². The lowest BCUT2D eigenvalue weighted by atomic mass is 10.3. The fraction of sp³-hybridized carbons (Fsp3) is 0.250. The molecule has 0 atom stereocenters. The first-order chi connectivity index (χ1) is 7.60. The molecule has 86 valence electrons. The number of rotatable bonds is 3. The van der Waals surface area contributed by atoms with Gasteiger partial charge >= 0.3 is 5.97 Å². The van der Waals surface area contributed by atoms with Gasteiger partial charge in [0.05, 0.1) is 12.8 Å². The number of esters is 1. The molecular formula is C8H8Cl2N4O2. The molecule has 1 heterocycles. The lowest BCUT2D eigenvalue weighted by Crippen LogP contribution is -2.22. The van der Waals surface area contributed by atoms with Gasteiger partial charge in [0.1, 0.15) is 10.8 Å². The first kappa shape index (κ1) is 12.7. The average molecular weight is 263 g/mol. The maximum Gasteiger partial charge on any atom is 0.361 e. The van der Waals surface area contributed by atoms with Crippen molar-refractivity contribution in [3.63, 3.8) is 0 Å². The van der Waals surface area contributed by atoms with E-state index in [9.17, 15) is 4.79 Å². The van der Waals surface area contributed by atoms with E-state index in [-0.39, 0.29) is 28.3 Å². The molecule has 6 nitrogen and oxygen atoms in total. The Morgan fingerprint density at radius 2 is 2.31 bits per heavy atom. The molecule has 1 rings (SSSR count). The van der Waals surface area contributed by atoms with Gasteiger partial charge in [0, 0.05) is 0 Å². The maximum atomic E-state index is 11.4. The fourth-order valence-electron chi connectivity index (χ4n) is 0.915. The van der Waals surface area contributed by atoms with Crippen LogP contribution in [0.15, 0.2) is 11.3 Å². The van der Waals surface area contributed by atoms with Crippen molar-refractivity contribution in [1.29, 1.82) is 0 Å². The number of halogens is 2. The molecule has 8 heteroatoms. The number of nitrogens with zero attached hydrogens (tertiary/aromatic N) is 3. The summed E-state index contributed by atoms with van der Waals surface area (Å²) in [5.74, 6) is 4.35. The highest BCUT2D eigenvalue weighted by molar-refractivity contribution is 6.46. The summed E-state index contributed by atoms with van der Waals surface area (Å²) < 4.78 is 4.73. The lowest BCUT2D eigenvalue weighted by molar-refractivity contribution is -0.134. The van der Waals surface area contributed by atoms with Crippen LogP contribution in [0.5, 0.6) is 0 Å². The van der Waals surface area contributed by atoms with E-state index in [0.29, 0.717) is 0 Å². The lowest BCUT2D eigenvalue weighted by Gasteiger charge is -2.05.